The average Bonchev–Trinajstić information content (AvgIpc) is 2.82. The number of aliphatic carboxylic acids is 1. The maximum atomic E-state index is 12.3. The van der Waals surface area contributed by atoms with Crippen LogP contribution in [0.1, 0.15) is 6.42 Å². The molecule has 0 aliphatic carbocycles. The molecule has 1 aliphatic rings. The summed E-state index contributed by atoms with van der Waals surface area (Å²) in [5.74, 6) is -1.31. The zero-order valence-electron chi connectivity index (χ0n) is 9.29. The van der Waals surface area contributed by atoms with E-state index in [1.165, 1.54) is 6.07 Å². The number of β-amino-alcohol motifs (C(OH)–C–C–N with tert-alkyl or cyclic N) is 1. The number of sulfonamides is 1. The van der Waals surface area contributed by atoms with Gasteiger partial charge in [-0.3, -0.25) is 4.79 Å². The van der Waals surface area contributed by atoms with E-state index in [2.05, 4.69) is 0 Å². The number of carbonyl (C=O) groups is 1. The van der Waals surface area contributed by atoms with Crippen LogP contribution in [0.5, 0.6) is 0 Å². The second-order valence-electron chi connectivity index (χ2n) is 4.01. The largest absolute Gasteiger partial charge is 0.480 e. The third-order valence-electron chi connectivity index (χ3n) is 2.73. The van der Waals surface area contributed by atoms with E-state index in [4.69, 9.17) is 28.3 Å². The average molecular weight is 346 g/mol. The van der Waals surface area contributed by atoms with Gasteiger partial charge in [0, 0.05) is 13.0 Å². The van der Waals surface area contributed by atoms with Gasteiger partial charge in [0.15, 0.2) is 0 Å². The molecule has 1 aliphatic heterocycles. The van der Waals surface area contributed by atoms with Crippen molar-refractivity contribution in [2.75, 3.05) is 6.54 Å². The van der Waals surface area contributed by atoms with Gasteiger partial charge in [-0.15, -0.1) is 11.3 Å². The van der Waals surface area contributed by atoms with Crippen LogP contribution in [0.25, 0.3) is 0 Å². The first-order valence-electron chi connectivity index (χ1n) is 5.11. The fourth-order valence-corrected chi connectivity index (χ4v) is 5.65. The molecule has 2 heterocycles. The molecule has 0 radical (unpaired) electrons. The number of rotatable bonds is 3. The van der Waals surface area contributed by atoms with Crippen LogP contribution < -0.4 is 0 Å². The zero-order valence-corrected chi connectivity index (χ0v) is 12.4. The van der Waals surface area contributed by atoms with Crippen LogP contribution in [0.2, 0.25) is 8.67 Å². The Balaban J connectivity index is 2.44. The van der Waals surface area contributed by atoms with Gasteiger partial charge in [0.25, 0.3) is 0 Å². The van der Waals surface area contributed by atoms with Gasteiger partial charge in [0.2, 0.25) is 10.0 Å². The van der Waals surface area contributed by atoms with Crippen molar-refractivity contribution in [1.82, 2.24) is 4.31 Å². The maximum absolute atomic E-state index is 12.3. The summed E-state index contributed by atoms with van der Waals surface area (Å²) in [6.07, 6.45) is -1.16. The molecule has 2 atom stereocenters. The Labute approximate surface area is 123 Å². The number of thiophene rings is 1. The predicted molar refractivity (Wildman–Crippen MR) is 70.3 cm³/mol. The number of aliphatic hydroxyl groups excluding tert-OH is 1. The van der Waals surface area contributed by atoms with E-state index in [1.807, 2.05) is 0 Å². The molecule has 0 spiro atoms. The van der Waals surface area contributed by atoms with E-state index in [0.717, 1.165) is 15.6 Å². The Morgan fingerprint density at radius 1 is 1.47 bits per heavy atom. The smallest absolute Gasteiger partial charge is 0.322 e. The first-order chi connectivity index (χ1) is 8.73. The van der Waals surface area contributed by atoms with Crippen molar-refractivity contribution in [3.05, 3.63) is 14.7 Å². The molecule has 2 N–H and O–H groups in total. The predicted octanol–water partition coefficient (Wildman–Crippen LogP) is 1.26. The lowest BCUT2D eigenvalue weighted by Gasteiger charge is -2.20. The normalized spacial score (nSPS) is 24.8. The summed E-state index contributed by atoms with van der Waals surface area (Å²) in [5.41, 5.74) is 0. The van der Waals surface area contributed by atoms with Gasteiger partial charge in [0.05, 0.1) is 10.4 Å². The molecule has 19 heavy (non-hydrogen) atoms. The number of aliphatic hydroxyl groups is 1. The monoisotopic (exact) mass is 345 g/mol. The van der Waals surface area contributed by atoms with Gasteiger partial charge >= 0.3 is 5.97 Å². The molecule has 106 valence electrons. The first kappa shape index (κ1) is 15.0. The lowest BCUT2D eigenvalue weighted by Crippen LogP contribution is -2.40. The van der Waals surface area contributed by atoms with Crippen LogP contribution in [-0.2, 0) is 14.8 Å². The van der Waals surface area contributed by atoms with Crippen LogP contribution >= 0.6 is 34.5 Å². The zero-order chi connectivity index (χ0) is 14.4. The Morgan fingerprint density at radius 3 is 2.58 bits per heavy atom. The van der Waals surface area contributed by atoms with E-state index in [-0.39, 0.29) is 26.5 Å². The van der Waals surface area contributed by atoms with E-state index in [9.17, 15) is 18.3 Å². The summed E-state index contributed by atoms with van der Waals surface area (Å²) in [6.45, 7) is -0.275. The van der Waals surface area contributed by atoms with Crippen LogP contribution in [0.15, 0.2) is 11.0 Å². The van der Waals surface area contributed by atoms with Gasteiger partial charge in [-0.05, 0) is 6.07 Å². The Bertz CT molecular complexity index is 614. The van der Waals surface area contributed by atoms with Crippen molar-refractivity contribution in [2.45, 2.75) is 23.5 Å². The first-order valence-corrected chi connectivity index (χ1v) is 8.12. The highest BCUT2D eigenvalue weighted by Gasteiger charge is 2.44. The minimum atomic E-state index is -4.09. The van der Waals surface area contributed by atoms with Crippen LogP contribution in [0.4, 0.5) is 0 Å². The topological polar surface area (TPSA) is 94.9 Å². The molecular formula is C9H9Cl2NO5S2. The Kier molecular flexibility index (Phi) is 4.10. The highest BCUT2D eigenvalue weighted by atomic mass is 35.5. The fraction of sp³-hybridized carbons (Fsp3) is 0.444. The number of carboxylic acids is 1. The molecule has 1 saturated heterocycles. The molecule has 1 unspecified atom stereocenters. The van der Waals surface area contributed by atoms with Gasteiger partial charge in [-0.2, -0.15) is 4.31 Å². The molecule has 0 aromatic carbocycles. The molecule has 0 amide bonds. The molecule has 1 aromatic heterocycles. The molecule has 10 heteroatoms. The molecular weight excluding hydrogens is 337 g/mol. The van der Waals surface area contributed by atoms with Crippen molar-refractivity contribution in [3.63, 3.8) is 0 Å². The van der Waals surface area contributed by atoms with Crippen LogP contribution in [0.3, 0.4) is 0 Å². The number of halogens is 2. The summed E-state index contributed by atoms with van der Waals surface area (Å²) in [7, 11) is -4.09. The number of carboxylic acid groups (broad SMARTS) is 1. The number of hydrogen-bond donors (Lipinski definition) is 2. The third-order valence-corrected chi connectivity index (χ3v) is 6.36. The van der Waals surface area contributed by atoms with Crippen LogP contribution in [-0.4, -0.2) is 47.6 Å². The highest BCUT2D eigenvalue weighted by Crippen LogP contribution is 2.37. The minimum absolute atomic E-state index is 0.0319. The molecule has 2 rings (SSSR count). The Morgan fingerprint density at radius 2 is 2.11 bits per heavy atom. The molecule has 0 bridgehead atoms. The van der Waals surface area contributed by atoms with Crippen molar-refractivity contribution >= 4 is 50.5 Å². The van der Waals surface area contributed by atoms with Gasteiger partial charge in [-0.25, -0.2) is 8.42 Å². The van der Waals surface area contributed by atoms with Crippen molar-refractivity contribution in [2.24, 2.45) is 0 Å². The van der Waals surface area contributed by atoms with E-state index >= 15 is 0 Å². The highest BCUT2D eigenvalue weighted by molar-refractivity contribution is 7.89. The lowest BCUT2D eigenvalue weighted by atomic mass is 10.2. The molecule has 1 aromatic rings. The van der Waals surface area contributed by atoms with Crippen molar-refractivity contribution in [1.29, 1.82) is 0 Å². The van der Waals surface area contributed by atoms with Crippen LogP contribution in [0, 0.1) is 0 Å². The van der Waals surface area contributed by atoms with Gasteiger partial charge in [-0.1, -0.05) is 23.2 Å². The molecule has 6 nitrogen and oxygen atoms in total. The summed E-state index contributed by atoms with van der Waals surface area (Å²) < 4.78 is 25.6. The van der Waals surface area contributed by atoms with Gasteiger partial charge < -0.3 is 10.2 Å². The molecule has 0 saturated carbocycles. The quantitative estimate of drug-likeness (QED) is 0.859. The van der Waals surface area contributed by atoms with Crippen molar-refractivity contribution in [3.8, 4) is 0 Å². The SMILES string of the molecule is O=C(O)[C@@H]1CC(O)CN1S(=O)(=O)c1cc(Cl)sc1Cl. The number of hydrogen-bond acceptors (Lipinski definition) is 5. The fourth-order valence-electron chi connectivity index (χ4n) is 1.90. The maximum Gasteiger partial charge on any atom is 0.322 e. The second-order valence-corrected chi connectivity index (χ2v) is 8.15. The summed E-state index contributed by atoms with van der Waals surface area (Å²) >= 11 is 12.4. The second kappa shape index (κ2) is 5.19. The molecule has 1 fully saturated rings. The third kappa shape index (κ3) is 2.74. The van der Waals surface area contributed by atoms with E-state index in [0.29, 0.717) is 0 Å². The van der Waals surface area contributed by atoms with E-state index < -0.39 is 28.1 Å². The van der Waals surface area contributed by atoms with Crippen molar-refractivity contribution < 1.29 is 23.4 Å². The number of nitrogens with zero attached hydrogens (tertiary/aromatic N) is 1. The van der Waals surface area contributed by atoms with E-state index in [1.54, 1.807) is 0 Å². The minimum Gasteiger partial charge on any atom is -0.480 e. The standard InChI is InChI=1S/C9H9Cl2NO5S2/c10-7-2-6(8(11)18-7)19(16,17)12-3-4(13)1-5(12)9(14)15/h2,4-5,13H,1,3H2,(H,14,15)/t4?,5-/m0/s1. The Hall–Kier alpha value is -0.380. The lowest BCUT2D eigenvalue weighted by molar-refractivity contribution is -0.140. The summed E-state index contributed by atoms with van der Waals surface area (Å²) in [5, 5.41) is 18.5. The summed E-state index contributed by atoms with van der Waals surface area (Å²) in [4.78, 5) is 10.8. The van der Waals surface area contributed by atoms with Gasteiger partial charge in [0.1, 0.15) is 15.3 Å². The summed E-state index contributed by atoms with van der Waals surface area (Å²) in [6, 6.07) is -0.122.